The Kier molecular flexibility index (Phi) is 4.92. The highest BCUT2D eigenvalue weighted by Crippen LogP contribution is 2.35. The summed E-state index contributed by atoms with van der Waals surface area (Å²) in [5.74, 6) is 0.834. The third-order valence-corrected chi connectivity index (χ3v) is 4.36. The van der Waals surface area contributed by atoms with E-state index in [9.17, 15) is 0 Å². The van der Waals surface area contributed by atoms with Gasteiger partial charge in [-0.1, -0.05) is 0 Å². The van der Waals surface area contributed by atoms with E-state index in [2.05, 4.69) is 44.1 Å². The number of methoxy groups -OCH3 is 1. The lowest BCUT2D eigenvalue weighted by Gasteiger charge is -2.29. The smallest absolute Gasteiger partial charge is 0.135 e. The van der Waals surface area contributed by atoms with E-state index in [0.717, 1.165) is 39.8 Å². The molecule has 1 aliphatic heterocycles. The molecule has 1 heterocycles. The fourth-order valence-corrected chi connectivity index (χ4v) is 3.42. The number of anilines is 1. The fourth-order valence-electron chi connectivity index (χ4n) is 2.15. The lowest BCUT2D eigenvalue weighted by atomic mass is 10.0. The molecule has 0 radical (unpaired) electrons. The molecule has 2 atom stereocenters. The summed E-state index contributed by atoms with van der Waals surface area (Å²) in [7, 11) is 1.67. The van der Waals surface area contributed by atoms with Gasteiger partial charge in [0.25, 0.3) is 0 Å². The normalized spacial score (nSPS) is 23.8. The van der Waals surface area contributed by atoms with Crippen LogP contribution in [-0.4, -0.2) is 25.9 Å². The maximum Gasteiger partial charge on any atom is 0.135 e. The summed E-state index contributed by atoms with van der Waals surface area (Å²) >= 11 is 7.05. The molecule has 1 saturated heterocycles. The van der Waals surface area contributed by atoms with Gasteiger partial charge in [-0.3, -0.25) is 0 Å². The Hall–Kier alpha value is -0.260. The van der Waals surface area contributed by atoms with Crippen LogP contribution in [-0.2, 0) is 4.74 Å². The number of hydrogen-bond donors (Lipinski definition) is 1. The third kappa shape index (κ3) is 3.39. The predicted molar refractivity (Wildman–Crippen MR) is 80.5 cm³/mol. The van der Waals surface area contributed by atoms with Crippen LogP contribution in [0.1, 0.15) is 19.8 Å². The SMILES string of the molecule is COc1cc(NC2CCOC(C)C2)c(Br)cc1Br. The molecular weight excluding hydrogens is 362 g/mol. The summed E-state index contributed by atoms with van der Waals surface area (Å²) in [6, 6.07) is 4.47. The molecule has 0 aliphatic carbocycles. The van der Waals surface area contributed by atoms with Gasteiger partial charge in [-0.05, 0) is 57.7 Å². The monoisotopic (exact) mass is 377 g/mol. The highest BCUT2D eigenvalue weighted by atomic mass is 79.9. The second kappa shape index (κ2) is 6.26. The summed E-state index contributed by atoms with van der Waals surface area (Å²) in [6.45, 7) is 2.94. The van der Waals surface area contributed by atoms with Gasteiger partial charge in [0.2, 0.25) is 0 Å². The van der Waals surface area contributed by atoms with Gasteiger partial charge in [0.1, 0.15) is 5.75 Å². The molecule has 1 aliphatic rings. The van der Waals surface area contributed by atoms with E-state index in [-0.39, 0.29) is 0 Å². The number of hydrogen-bond acceptors (Lipinski definition) is 3. The van der Waals surface area contributed by atoms with Crippen molar-refractivity contribution in [1.29, 1.82) is 0 Å². The highest BCUT2D eigenvalue weighted by Gasteiger charge is 2.20. The molecule has 0 aromatic heterocycles. The van der Waals surface area contributed by atoms with Crippen molar-refractivity contribution < 1.29 is 9.47 Å². The summed E-state index contributed by atoms with van der Waals surface area (Å²) in [5.41, 5.74) is 1.06. The van der Waals surface area contributed by atoms with Crippen LogP contribution in [0.15, 0.2) is 21.1 Å². The minimum atomic E-state index is 0.326. The molecule has 2 rings (SSSR count). The highest BCUT2D eigenvalue weighted by molar-refractivity contribution is 9.11. The van der Waals surface area contributed by atoms with Crippen LogP contribution in [0, 0.1) is 0 Å². The van der Waals surface area contributed by atoms with Crippen LogP contribution in [0.4, 0.5) is 5.69 Å². The van der Waals surface area contributed by atoms with E-state index in [4.69, 9.17) is 9.47 Å². The van der Waals surface area contributed by atoms with Crippen LogP contribution < -0.4 is 10.1 Å². The first-order chi connectivity index (χ1) is 8.60. The molecular formula is C13H17Br2NO2. The maximum atomic E-state index is 5.56. The quantitative estimate of drug-likeness (QED) is 0.854. The van der Waals surface area contributed by atoms with Gasteiger partial charge >= 0.3 is 0 Å². The Morgan fingerprint density at radius 1 is 1.33 bits per heavy atom. The predicted octanol–water partition coefficient (Wildman–Crippen LogP) is 4.20. The van der Waals surface area contributed by atoms with Crippen LogP contribution in [0.5, 0.6) is 5.75 Å². The van der Waals surface area contributed by atoms with E-state index >= 15 is 0 Å². The molecule has 0 saturated carbocycles. The molecule has 2 unspecified atom stereocenters. The van der Waals surface area contributed by atoms with Crippen molar-refractivity contribution in [2.45, 2.75) is 31.9 Å². The standard InChI is InChI=1S/C13H17Br2NO2/c1-8-5-9(3-4-18-8)16-12-7-13(17-2)11(15)6-10(12)14/h6-9,16H,3-5H2,1-2H3. The zero-order valence-corrected chi connectivity index (χ0v) is 13.7. The van der Waals surface area contributed by atoms with Crippen molar-refractivity contribution in [3.05, 3.63) is 21.1 Å². The van der Waals surface area contributed by atoms with Gasteiger partial charge in [-0.15, -0.1) is 0 Å². The molecule has 0 spiro atoms. The number of ether oxygens (including phenoxy) is 2. The first kappa shape index (κ1) is 14.2. The molecule has 5 heteroatoms. The van der Waals surface area contributed by atoms with E-state index in [1.54, 1.807) is 7.11 Å². The third-order valence-electron chi connectivity index (χ3n) is 3.09. The Balaban J connectivity index is 2.13. The molecule has 1 aromatic carbocycles. The fraction of sp³-hybridized carbons (Fsp3) is 0.538. The summed E-state index contributed by atoms with van der Waals surface area (Å²) in [6.07, 6.45) is 2.40. The molecule has 18 heavy (non-hydrogen) atoms. The Morgan fingerprint density at radius 2 is 2.11 bits per heavy atom. The van der Waals surface area contributed by atoms with Crippen LogP contribution in [0.2, 0.25) is 0 Å². The van der Waals surface area contributed by atoms with Crippen LogP contribution in [0.3, 0.4) is 0 Å². The van der Waals surface area contributed by atoms with Crippen molar-refractivity contribution in [3.63, 3.8) is 0 Å². The Morgan fingerprint density at radius 3 is 2.78 bits per heavy atom. The molecule has 1 fully saturated rings. The van der Waals surface area contributed by atoms with Crippen molar-refractivity contribution >= 4 is 37.5 Å². The van der Waals surface area contributed by atoms with Gasteiger partial charge in [0.15, 0.2) is 0 Å². The summed E-state index contributed by atoms with van der Waals surface area (Å²) in [4.78, 5) is 0. The second-order valence-corrected chi connectivity index (χ2v) is 6.22. The first-order valence-electron chi connectivity index (χ1n) is 6.01. The average Bonchev–Trinajstić information content (AvgIpc) is 2.33. The summed E-state index contributed by atoms with van der Waals surface area (Å²) < 4.78 is 12.9. The van der Waals surface area contributed by atoms with Crippen LogP contribution in [0.25, 0.3) is 0 Å². The second-order valence-electron chi connectivity index (χ2n) is 4.51. The van der Waals surface area contributed by atoms with Gasteiger partial charge in [-0.25, -0.2) is 0 Å². The minimum absolute atomic E-state index is 0.326. The topological polar surface area (TPSA) is 30.5 Å². The summed E-state index contributed by atoms with van der Waals surface area (Å²) in [5, 5.41) is 3.55. The number of rotatable bonds is 3. The van der Waals surface area contributed by atoms with Gasteiger partial charge in [0.05, 0.1) is 23.4 Å². The Bertz CT molecular complexity index is 426. The average molecular weight is 379 g/mol. The van der Waals surface area contributed by atoms with Gasteiger partial charge in [-0.2, -0.15) is 0 Å². The van der Waals surface area contributed by atoms with E-state index in [1.807, 2.05) is 12.1 Å². The van der Waals surface area contributed by atoms with Crippen molar-refractivity contribution in [2.75, 3.05) is 19.0 Å². The van der Waals surface area contributed by atoms with Crippen molar-refractivity contribution in [1.82, 2.24) is 0 Å². The number of nitrogens with one attached hydrogen (secondary N) is 1. The molecule has 0 bridgehead atoms. The lowest BCUT2D eigenvalue weighted by molar-refractivity contribution is 0.0232. The van der Waals surface area contributed by atoms with Crippen molar-refractivity contribution in [3.8, 4) is 5.75 Å². The van der Waals surface area contributed by atoms with E-state index in [1.165, 1.54) is 0 Å². The molecule has 100 valence electrons. The Labute approximate surface area is 124 Å². The lowest BCUT2D eigenvalue weighted by Crippen LogP contribution is -2.32. The molecule has 1 N–H and O–H groups in total. The largest absolute Gasteiger partial charge is 0.495 e. The number of halogens is 2. The van der Waals surface area contributed by atoms with E-state index < -0.39 is 0 Å². The number of benzene rings is 1. The van der Waals surface area contributed by atoms with Gasteiger partial charge in [0, 0.05) is 23.2 Å². The molecule has 3 nitrogen and oxygen atoms in total. The molecule has 1 aromatic rings. The van der Waals surface area contributed by atoms with E-state index in [0.29, 0.717) is 12.1 Å². The molecule has 0 amide bonds. The van der Waals surface area contributed by atoms with Crippen LogP contribution >= 0.6 is 31.9 Å². The van der Waals surface area contributed by atoms with Crippen molar-refractivity contribution in [2.24, 2.45) is 0 Å². The zero-order valence-electron chi connectivity index (χ0n) is 10.5. The zero-order chi connectivity index (χ0) is 13.1. The van der Waals surface area contributed by atoms with Gasteiger partial charge < -0.3 is 14.8 Å². The maximum absolute atomic E-state index is 5.56. The minimum Gasteiger partial charge on any atom is -0.495 e. The first-order valence-corrected chi connectivity index (χ1v) is 7.60.